The number of methoxy groups -OCH3 is 1. The molecule has 5 heteroatoms. The van der Waals surface area contributed by atoms with E-state index in [0.29, 0.717) is 11.4 Å². The van der Waals surface area contributed by atoms with Crippen molar-refractivity contribution in [3.63, 3.8) is 0 Å². The summed E-state index contributed by atoms with van der Waals surface area (Å²) in [6, 6.07) is 13.0. The molecule has 130 valence electrons. The molecule has 0 spiro atoms. The van der Waals surface area contributed by atoms with Gasteiger partial charge >= 0.3 is 5.97 Å². The van der Waals surface area contributed by atoms with Gasteiger partial charge in [0.15, 0.2) is 6.61 Å². The van der Waals surface area contributed by atoms with Gasteiger partial charge < -0.3 is 14.8 Å². The van der Waals surface area contributed by atoms with E-state index in [-0.39, 0.29) is 12.5 Å². The fourth-order valence-corrected chi connectivity index (χ4v) is 2.39. The molecule has 0 atom stereocenters. The molecule has 0 aromatic heterocycles. The van der Waals surface area contributed by atoms with E-state index in [0.717, 1.165) is 16.7 Å². The number of hydrogen-bond donors (Lipinski definition) is 1. The molecule has 1 N–H and O–H groups in total. The van der Waals surface area contributed by atoms with Crippen LogP contribution in [0.3, 0.4) is 0 Å². The fourth-order valence-electron chi connectivity index (χ4n) is 2.39. The maximum atomic E-state index is 11.9. The van der Waals surface area contributed by atoms with Crippen molar-refractivity contribution >= 4 is 23.6 Å². The molecule has 0 saturated carbocycles. The fraction of sp³-hybridized carbons (Fsp3) is 0.200. The Balaban J connectivity index is 1.86. The Bertz CT molecular complexity index is 776. The summed E-state index contributed by atoms with van der Waals surface area (Å²) in [6.07, 6.45) is 2.85. The van der Waals surface area contributed by atoms with Gasteiger partial charge in [-0.15, -0.1) is 0 Å². The molecule has 2 rings (SSSR count). The molecule has 0 aliphatic carbocycles. The lowest BCUT2D eigenvalue weighted by Gasteiger charge is -2.07. The van der Waals surface area contributed by atoms with Gasteiger partial charge in [-0.2, -0.15) is 0 Å². The van der Waals surface area contributed by atoms with Crippen molar-refractivity contribution in [3.05, 3.63) is 65.2 Å². The summed E-state index contributed by atoms with van der Waals surface area (Å²) in [4.78, 5) is 23.6. The van der Waals surface area contributed by atoms with Crippen LogP contribution in [-0.4, -0.2) is 25.6 Å². The molecule has 1 amide bonds. The minimum absolute atomic E-state index is 0.345. The van der Waals surface area contributed by atoms with Crippen molar-refractivity contribution in [1.82, 2.24) is 0 Å². The number of anilines is 1. The number of benzene rings is 2. The van der Waals surface area contributed by atoms with Crippen molar-refractivity contribution in [1.29, 1.82) is 0 Å². The zero-order chi connectivity index (χ0) is 18.2. The Morgan fingerprint density at radius 3 is 2.44 bits per heavy atom. The van der Waals surface area contributed by atoms with Crippen LogP contribution in [0.5, 0.6) is 5.75 Å². The number of nitrogens with one attached hydrogen (secondary N) is 1. The number of amides is 1. The van der Waals surface area contributed by atoms with Crippen LogP contribution in [-0.2, 0) is 14.3 Å². The predicted molar refractivity (Wildman–Crippen MR) is 97.5 cm³/mol. The summed E-state index contributed by atoms with van der Waals surface area (Å²) in [5, 5.41) is 2.71. The number of hydrogen-bond acceptors (Lipinski definition) is 4. The number of esters is 1. The summed E-state index contributed by atoms with van der Waals surface area (Å²) in [5.74, 6) is -0.329. The second-order valence-corrected chi connectivity index (χ2v) is 5.61. The zero-order valence-electron chi connectivity index (χ0n) is 14.5. The maximum absolute atomic E-state index is 11.9. The highest BCUT2D eigenvalue weighted by atomic mass is 16.5. The Labute approximate surface area is 147 Å². The lowest BCUT2D eigenvalue weighted by Crippen LogP contribution is -2.20. The molecule has 0 bridgehead atoms. The molecule has 5 nitrogen and oxygen atoms in total. The van der Waals surface area contributed by atoms with E-state index in [9.17, 15) is 9.59 Å². The second kappa shape index (κ2) is 8.68. The molecular weight excluding hydrogens is 318 g/mol. The molecule has 0 unspecified atom stereocenters. The second-order valence-electron chi connectivity index (χ2n) is 5.61. The molecule has 0 saturated heterocycles. The van der Waals surface area contributed by atoms with Crippen molar-refractivity contribution in [2.45, 2.75) is 13.8 Å². The monoisotopic (exact) mass is 339 g/mol. The summed E-state index contributed by atoms with van der Waals surface area (Å²) in [5.41, 5.74) is 3.53. The van der Waals surface area contributed by atoms with Crippen LogP contribution in [0.2, 0.25) is 0 Å². The van der Waals surface area contributed by atoms with E-state index in [4.69, 9.17) is 9.47 Å². The maximum Gasteiger partial charge on any atom is 0.331 e. The van der Waals surface area contributed by atoms with E-state index in [1.807, 2.05) is 50.2 Å². The van der Waals surface area contributed by atoms with Gasteiger partial charge in [0.1, 0.15) is 5.75 Å². The molecular formula is C20H21NO4. The molecule has 25 heavy (non-hydrogen) atoms. The predicted octanol–water partition coefficient (Wildman–Crippen LogP) is 3.51. The van der Waals surface area contributed by atoms with Crippen molar-refractivity contribution in [2.24, 2.45) is 0 Å². The first-order valence-corrected chi connectivity index (χ1v) is 7.84. The first-order valence-electron chi connectivity index (χ1n) is 7.84. The first kappa shape index (κ1) is 18.3. The molecule has 0 aliphatic heterocycles. The van der Waals surface area contributed by atoms with Gasteiger partial charge in [-0.05, 0) is 49.2 Å². The van der Waals surface area contributed by atoms with Gasteiger partial charge in [0.2, 0.25) is 0 Å². The minimum Gasteiger partial charge on any atom is -0.496 e. The zero-order valence-corrected chi connectivity index (χ0v) is 14.5. The summed E-state index contributed by atoms with van der Waals surface area (Å²) >= 11 is 0. The summed E-state index contributed by atoms with van der Waals surface area (Å²) in [7, 11) is 1.56. The topological polar surface area (TPSA) is 64.6 Å². The molecule has 2 aromatic carbocycles. The van der Waals surface area contributed by atoms with Crippen LogP contribution < -0.4 is 10.1 Å². The van der Waals surface area contributed by atoms with Crippen molar-refractivity contribution < 1.29 is 19.1 Å². The first-order chi connectivity index (χ1) is 12.0. The summed E-state index contributed by atoms with van der Waals surface area (Å²) < 4.78 is 10.1. The highest BCUT2D eigenvalue weighted by Crippen LogP contribution is 2.18. The standard InChI is InChI=1S/C20H21NO4/c1-14-10-15(2)12-17(11-14)21-19(22)13-25-20(23)9-8-16-6-4-5-7-18(16)24-3/h4-12H,13H2,1-3H3,(H,21,22)/b9-8+. The highest BCUT2D eigenvalue weighted by Gasteiger charge is 2.07. The van der Waals surface area contributed by atoms with Crippen molar-refractivity contribution in [2.75, 3.05) is 19.0 Å². The Morgan fingerprint density at radius 1 is 1.08 bits per heavy atom. The average molecular weight is 339 g/mol. The third-order valence-electron chi connectivity index (χ3n) is 3.39. The van der Waals surface area contributed by atoms with Gasteiger partial charge in [-0.25, -0.2) is 4.79 Å². The quantitative estimate of drug-likeness (QED) is 0.646. The SMILES string of the molecule is COc1ccccc1/C=C/C(=O)OCC(=O)Nc1cc(C)cc(C)c1. The molecule has 2 aromatic rings. The lowest BCUT2D eigenvalue weighted by atomic mass is 10.1. The Morgan fingerprint density at radius 2 is 1.76 bits per heavy atom. The third kappa shape index (κ3) is 5.80. The number of para-hydroxylation sites is 1. The van der Waals surface area contributed by atoms with E-state index >= 15 is 0 Å². The smallest absolute Gasteiger partial charge is 0.331 e. The Kier molecular flexibility index (Phi) is 6.34. The van der Waals surface area contributed by atoms with Gasteiger partial charge in [-0.3, -0.25) is 4.79 Å². The van der Waals surface area contributed by atoms with Crippen LogP contribution in [0.15, 0.2) is 48.5 Å². The highest BCUT2D eigenvalue weighted by molar-refractivity contribution is 5.94. The van der Waals surface area contributed by atoms with Gasteiger partial charge in [0.05, 0.1) is 7.11 Å². The van der Waals surface area contributed by atoms with E-state index in [1.54, 1.807) is 19.3 Å². The molecule has 0 radical (unpaired) electrons. The van der Waals surface area contributed by atoms with Crippen LogP contribution in [0.1, 0.15) is 16.7 Å². The van der Waals surface area contributed by atoms with E-state index in [1.165, 1.54) is 6.08 Å². The largest absolute Gasteiger partial charge is 0.496 e. The van der Waals surface area contributed by atoms with Crippen LogP contribution in [0.4, 0.5) is 5.69 Å². The van der Waals surface area contributed by atoms with Crippen LogP contribution in [0, 0.1) is 13.8 Å². The van der Waals surface area contributed by atoms with Gasteiger partial charge in [0.25, 0.3) is 5.91 Å². The number of carbonyl (C=O) groups excluding carboxylic acids is 2. The van der Waals surface area contributed by atoms with Gasteiger partial charge in [-0.1, -0.05) is 24.3 Å². The van der Waals surface area contributed by atoms with Crippen LogP contribution >= 0.6 is 0 Å². The number of carbonyl (C=O) groups is 2. The van der Waals surface area contributed by atoms with E-state index in [2.05, 4.69) is 5.32 Å². The Hall–Kier alpha value is -3.08. The van der Waals surface area contributed by atoms with Crippen LogP contribution in [0.25, 0.3) is 6.08 Å². The van der Waals surface area contributed by atoms with Gasteiger partial charge in [0, 0.05) is 17.3 Å². The molecule has 0 fully saturated rings. The molecule has 0 aliphatic rings. The van der Waals surface area contributed by atoms with Crippen molar-refractivity contribution in [3.8, 4) is 5.75 Å². The normalized spacial score (nSPS) is 10.5. The average Bonchev–Trinajstić information content (AvgIpc) is 2.57. The third-order valence-corrected chi connectivity index (χ3v) is 3.39. The summed E-state index contributed by atoms with van der Waals surface area (Å²) in [6.45, 7) is 3.55. The lowest BCUT2D eigenvalue weighted by molar-refractivity contribution is -0.142. The molecule has 0 heterocycles. The number of aryl methyl sites for hydroxylation is 2. The number of ether oxygens (including phenoxy) is 2. The number of rotatable bonds is 6. The van der Waals surface area contributed by atoms with E-state index < -0.39 is 5.97 Å². The minimum atomic E-state index is -0.596.